The van der Waals surface area contributed by atoms with E-state index in [9.17, 15) is 0 Å². The minimum Gasteiger partial charge on any atom is -0.456 e. The van der Waals surface area contributed by atoms with Crippen LogP contribution in [0.1, 0.15) is 68.1 Å². The molecule has 2 heteroatoms. The van der Waals surface area contributed by atoms with Gasteiger partial charge in [0.2, 0.25) is 0 Å². The second-order valence-electron chi connectivity index (χ2n) is 19.8. The largest absolute Gasteiger partial charge is 0.456 e. The SMILES string of the molecule is C1=CC2C3C(=CCCC3N(c3cccc4oc5ccccc5c34)C3C=CC4=C(C3)C3(C5=C4C=CCC5)c4ccccc4-c4ccccc43)C(c3ccccc3)(C3C=CCCC3)C2C=C1. The molecule has 8 aliphatic carbocycles. The molecule has 14 rings (SSSR count). The Bertz CT molecular complexity index is 3130. The maximum Gasteiger partial charge on any atom is 0.137 e. The first kappa shape index (κ1) is 37.0. The Labute approximate surface area is 377 Å². The van der Waals surface area contributed by atoms with Gasteiger partial charge >= 0.3 is 0 Å². The molecule has 64 heavy (non-hydrogen) atoms. The van der Waals surface area contributed by atoms with E-state index >= 15 is 0 Å². The number of benzene rings is 5. The van der Waals surface area contributed by atoms with Crippen LogP contribution in [0.4, 0.5) is 5.69 Å². The summed E-state index contributed by atoms with van der Waals surface area (Å²) in [5.74, 6) is 1.55. The van der Waals surface area contributed by atoms with Gasteiger partial charge in [-0.3, -0.25) is 0 Å². The topological polar surface area (TPSA) is 16.4 Å². The van der Waals surface area contributed by atoms with Crippen LogP contribution in [-0.4, -0.2) is 12.1 Å². The Kier molecular flexibility index (Phi) is 8.14. The fourth-order valence-corrected chi connectivity index (χ4v) is 15.1. The zero-order valence-electron chi connectivity index (χ0n) is 36.4. The highest BCUT2D eigenvalue weighted by molar-refractivity contribution is 6.11. The van der Waals surface area contributed by atoms with Crippen LogP contribution in [-0.2, 0) is 10.8 Å². The van der Waals surface area contributed by atoms with E-state index in [-0.39, 0.29) is 22.9 Å². The Morgan fingerprint density at radius 1 is 0.609 bits per heavy atom. The smallest absolute Gasteiger partial charge is 0.137 e. The number of nitrogens with zero attached hydrogens (tertiary/aromatic N) is 1. The first-order chi connectivity index (χ1) is 31.8. The average Bonchev–Trinajstić information content (AvgIpc) is 4.08. The van der Waals surface area contributed by atoms with E-state index < -0.39 is 0 Å². The van der Waals surface area contributed by atoms with Crippen LogP contribution < -0.4 is 4.90 Å². The van der Waals surface area contributed by atoms with Crippen LogP contribution in [0.3, 0.4) is 0 Å². The standard InChI is InChI=1S/C62H53NO/c1-3-19-40(20-4-1)61(41-21-5-2-6-22-41)52-31-15-10-26-47(52)59-53(61)32-17-33-55(59)63(56-34-18-36-58-60(56)48-27-11-16-35-57(48)64-58)42-37-38-46-45-25-9-14-30-51(45)62(54(46)39-42)49-28-12-7-23-43(49)44-24-8-13-29-50(44)62/h1,3-5,7-13,15-16,18-21,23-29,31-32,34-38,41-42,47,52,55,59H,2,6,14,17,22,30,33,39H2. The molecule has 6 aromatic rings. The van der Waals surface area contributed by atoms with Gasteiger partial charge in [-0.15, -0.1) is 0 Å². The van der Waals surface area contributed by atoms with Crippen molar-refractivity contribution in [2.45, 2.75) is 74.3 Å². The van der Waals surface area contributed by atoms with E-state index in [1.165, 1.54) is 74.7 Å². The lowest BCUT2D eigenvalue weighted by Gasteiger charge is -2.49. The summed E-state index contributed by atoms with van der Waals surface area (Å²) in [6.07, 6.45) is 36.9. The monoisotopic (exact) mass is 827 g/mol. The molecule has 0 amide bonds. The molecular weight excluding hydrogens is 775 g/mol. The molecule has 0 saturated heterocycles. The van der Waals surface area contributed by atoms with Crippen molar-refractivity contribution in [2.24, 2.45) is 23.7 Å². The number of allylic oxidation sites excluding steroid dienone is 13. The van der Waals surface area contributed by atoms with E-state index in [2.05, 4.69) is 193 Å². The van der Waals surface area contributed by atoms with Gasteiger partial charge in [0.05, 0.1) is 16.8 Å². The molecule has 0 bridgehead atoms. The van der Waals surface area contributed by atoms with Gasteiger partial charge < -0.3 is 9.32 Å². The molecule has 1 spiro atoms. The van der Waals surface area contributed by atoms with Crippen LogP contribution in [0.2, 0.25) is 0 Å². The van der Waals surface area contributed by atoms with E-state index in [0.717, 1.165) is 43.3 Å². The van der Waals surface area contributed by atoms with Gasteiger partial charge in [0.1, 0.15) is 11.2 Å². The number of rotatable bonds is 5. The predicted octanol–water partition coefficient (Wildman–Crippen LogP) is 15.0. The molecule has 1 aromatic heterocycles. The number of hydrogen-bond donors (Lipinski definition) is 0. The van der Waals surface area contributed by atoms with Gasteiger partial charge in [-0.1, -0.05) is 176 Å². The van der Waals surface area contributed by atoms with Gasteiger partial charge in [-0.2, -0.15) is 0 Å². The minimum atomic E-state index is -0.269. The van der Waals surface area contributed by atoms with Crippen molar-refractivity contribution in [1.82, 2.24) is 0 Å². The maximum atomic E-state index is 6.74. The van der Waals surface area contributed by atoms with Crippen LogP contribution >= 0.6 is 0 Å². The third kappa shape index (κ3) is 4.82. The van der Waals surface area contributed by atoms with Crippen LogP contribution in [0.15, 0.2) is 220 Å². The van der Waals surface area contributed by atoms with E-state index in [4.69, 9.17) is 4.42 Å². The summed E-state index contributed by atoms with van der Waals surface area (Å²) in [5.41, 5.74) is 17.9. The number of para-hydroxylation sites is 1. The van der Waals surface area contributed by atoms with E-state index in [1.807, 2.05) is 0 Å². The maximum absolute atomic E-state index is 6.74. The summed E-state index contributed by atoms with van der Waals surface area (Å²) < 4.78 is 6.74. The highest BCUT2D eigenvalue weighted by Crippen LogP contribution is 2.67. The van der Waals surface area contributed by atoms with Gasteiger partial charge in [0, 0.05) is 28.4 Å². The molecule has 2 nitrogen and oxygen atoms in total. The molecule has 8 aliphatic rings. The average molecular weight is 828 g/mol. The quantitative estimate of drug-likeness (QED) is 0.161. The third-order valence-corrected chi connectivity index (χ3v) is 17.2. The summed E-state index contributed by atoms with van der Waals surface area (Å²) in [5, 5.41) is 2.46. The van der Waals surface area contributed by atoms with Crippen molar-refractivity contribution in [3.8, 4) is 11.1 Å². The van der Waals surface area contributed by atoms with Crippen LogP contribution in [0.25, 0.3) is 33.1 Å². The molecule has 7 unspecified atom stereocenters. The van der Waals surface area contributed by atoms with Crippen molar-refractivity contribution in [1.29, 1.82) is 0 Å². The fourth-order valence-electron chi connectivity index (χ4n) is 15.1. The molecule has 1 fully saturated rings. The van der Waals surface area contributed by atoms with Crippen molar-refractivity contribution in [2.75, 3.05) is 4.90 Å². The third-order valence-electron chi connectivity index (χ3n) is 17.2. The molecule has 0 N–H and O–H groups in total. The highest BCUT2D eigenvalue weighted by atomic mass is 16.3. The molecule has 7 atom stereocenters. The Hall–Kier alpha value is -6.38. The summed E-state index contributed by atoms with van der Waals surface area (Å²) in [6.45, 7) is 0. The molecule has 1 saturated carbocycles. The van der Waals surface area contributed by atoms with Crippen molar-refractivity contribution in [3.05, 3.63) is 233 Å². The number of fused-ring (bicyclic) bond motifs is 14. The lowest BCUT2D eigenvalue weighted by atomic mass is 9.58. The van der Waals surface area contributed by atoms with E-state index in [0.29, 0.717) is 23.7 Å². The van der Waals surface area contributed by atoms with E-state index in [1.54, 1.807) is 16.7 Å². The summed E-state index contributed by atoms with van der Waals surface area (Å²) in [4.78, 5) is 2.97. The highest BCUT2D eigenvalue weighted by Gasteiger charge is 2.62. The number of hydrogen-bond acceptors (Lipinski definition) is 2. The molecule has 0 aliphatic heterocycles. The summed E-state index contributed by atoms with van der Waals surface area (Å²) >= 11 is 0. The Balaban J connectivity index is 0.991. The van der Waals surface area contributed by atoms with Crippen LogP contribution in [0.5, 0.6) is 0 Å². The fraction of sp³-hybridized carbons (Fsp3) is 0.258. The van der Waals surface area contributed by atoms with Crippen molar-refractivity contribution in [3.63, 3.8) is 0 Å². The van der Waals surface area contributed by atoms with Gasteiger partial charge in [-0.25, -0.2) is 0 Å². The van der Waals surface area contributed by atoms with Crippen molar-refractivity contribution >= 4 is 27.6 Å². The first-order valence-electron chi connectivity index (χ1n) is 24.3. The zero-order valence-corrected chi connectivity index (χ0v) is 36.4. The van der Waals surface area contributed by atoms with Crippen molar-refractivity contribution < 1.29 is 4.42 Å². The second kappa shape index (κ2) is 14.1. The summed E-state index contributed by atoms with van der Waals surface area (Å²) in [7, 11) is 0. The molecule has 312 valence electrons. The Morgan fingerprint density at radius 3 is 2.22 bits per heavy atom. The van der Waals surface area contributed by atoms with Gasteiger partial charge in [0.25, 0.3) is 0 Å². The van der Waals surface area contributed by atoms with Gasteiger partial charge in [-0.05, 0) is 137 Å². The normalized spacial score (nSPS) is 28.9. The lowest BCUT2D eigenvalue weighted by Crippen LogP contribution is -2.51. The summed E-state index contributed by atoms with van der Waals surface area (Å²) in [6, 6.07) is 46.5. The number of furan rings is 1. The molecule has 0 radical (unpaired) electrons. The van der Waals surface area contributed by atoms with Crippen LogP contribution in [0, 0.1) is 23.7 Å². The Morgan fingerprint density at radius 2 is 1.38 bits per heavy atom. The minimum absolute atomic E-state index is 0.104. The molecule has 5 aromatic carbocycles. The first-order valence-corrected chi connectivity index (χ1v) is 24.3. The molecular formula is C62H53NO. The lowest BCUT2D eigenvalue weighted by molar-refractivity contribution is 0.267. The molecule has 1 heterocycles. The predicted molar refractivity (Wildman–Crippen MR) is 263 cm³/mol. The number of anilines is 1. The van der Waals surface area contributed by atoms with Gasteiger partial charge in [0.15, 0.2) is 0 Å². The second-order valence-corrected chi connectivity index (χ2v) is 19.8. The zero-order chi connectivity index (χ0) is 42.0.